The summed E-state index contributed by atoms with van der Waals surface area (Å²) in [6.45, 7) is 4.85. The number of aryl methyl sites for hydroxylation is 2. The molecule has 1 aliphatic heterocycles. The molecule has 1 aromatic carbocycles. The second-order valence-corrected chi connectivity index (χ2v) is 8.39. The van der Waals surface area contributed by atoms with Crippen molar-refractivity contribution >= 4 is 22.0 Å². The zero-order valence-electron chi connectivity index (χ0n) is 14.5. The first-order valence-corrected chi connectivity index (χ1v) is 9.90. The molecule has 7 heteroatoms. The largest absolute Gasteiger partial charge is 0.593 e. The van der Waals surface area contributed by atoms with E-state index >= 15 is 0 Å². The fourth-order valence-electron chi connectivity index (χ4n) is 3.15. The normalized spacial score (nSPS) is 17.9. The number of benzene rings is 1. The highest BCUT2D eigenvalue weighted by molar-refractivity contribution is 7.95. The molecule has 2 aromatic rings. The van der Waals surface area contributed by atoms with Gasteiger partial charge < -0.3 is 14.9 Å². The van der Waals surface area contributed by atoms with Gasteiger partial charge in [-0.25, -0.2) is 0 Å². The van der Waals surface area contributed by atoms with Gasteiger partial charge in [0, 0.05) is 30.5 Å². The number of aromatic nitrogens is 1. The Morgan fingerprint density at radius 3 is 2.56 bits per heavy atom. The topological polar surface area (TPSA) is 88.3 Å². The van der Waals surface area contributed by atoms with Gasteiger partial charge in [-0.3, -0.25) is 4.79 Å². The first-order chi connectivity index (χ1) is 11.9. The number of sulfonamides is 1. The summed E-state index contributed by atoms with van der Waals surface area (Å²) in [5, 5.41) is 2.77. The summed E-state index contributed by atoms with van der Waals surface area (Å²) in [5.74, 6) is -0.280. The summed E-state index contributed by atoms with van der Waals surface area (Å²) >= 11 is 0. The second-order valence-electron chi connectivity index (χ2n) is 6.46. The molecule has 1 amide bonds. The maximum absolute atomic E-state index is 12.8. The molecule has 1 atom stereocenters. The van der Waals surface area contributed by atoms with Crippen LogP contribution in [0.5, 0.6) is 0 Å². The van der Waals surface area contributed by atoms with Crippen molar-refractivity contribution in [3.05, 3.63) is 47.3 Å². The van der Waals surface area contributed by atoms with Gasteiger partial charge in [0.25, 0.3) is 5.91 Å². The second kappa shape index (κ2) is 7.11. The lowest BCUT2D eigenvalue weighted by atomic mass is 10.2. The smallest absolute Gasteiger partial charge is 0.272 e. The van der Waals surface area contributed by atoms with E-state index in [0.717, 1.165) is 30.5 Å². The Kier molecular flexibility index (Phi) is 5.08. The SMILES string of the molecule is Cc1cc(C)c(C(=O)Nc2cccc([S+](=O)([O-])N3CCCCC3)c2)[nH]1. The maximum Gasteiger partial charge on any atom is 0.272 e. The number of carbonyl (C=O) groups is 1. The van der Waals surface area contributed by atoms with Crippen molar-refractivity contribution < 1.29 is 13.6 Å². The lowest BCUT2D eigenvalue weighted by Gasteiger charge is -2.30. The van der Waals surface area contributed by atoms with E-state index in [0.29, 0.717) is 24.5 Å². The Bertz CT molecular complexity index is 825. The van der Waals surface area contributed by atoms with E-state index < -0.39 is 10.4 Å². The Hall–Kier alpha value is -1.96. The van der Waals surface area contributed by atoms with E-state index in [1.165, 1.54) is 10.4 Å². The number of piperidine rings is 1. The lowest BCUT2D eigenvalue weighted by molar-refractivity contribution is 0.102. The van der Waals surface area contributed by atoms with Crippen molar-refractivity contribution in [1.82, 2.24) is 9.29 Å². The molecule has 3 rings (SSSR count). The van der Waals surface area contributed by atoms with Crippen LogP contribution in [-0.4, -0.2) is 32.8 Å². The molecule has 1 fully saturated rings. The standard InChI is InChI=1S/C18H23N3O3S/c1-13-11-14(2)19-17(13)18(22)20-15-7-6-8-16(12-15)25(23,24)21-9-4-3-5-10-21/h6-8,11-12H,3-5,9-10H2,1-2H3,(H2-,19,20,22,23,24). The zero-order valence-corrected chi connectivity index (χ0v) is 15.3. The summed E-state index contributed by atoms with van der Waals surface area (Å²) < 4.78 is 27.0. The summed E-state index contributed by atoms with van der Waals surface area (Å²) in [7, 11) is -3.51. The predicted octanol–water partition coefficient (Wildman–Crippen LogP) is 3.27. The quantitative estimate of drug-likeness (QED) is 0.819. The van der Waals surface area contributed by atoms with Crippen LogP contribution in [-0.2, 0) is 14.6 Å². The average Bonchev–Trinajstić information content (AvgIpc) is 2.94. The van der Waals surface area contributed by atoms with Crippen molar-refractivity contribution in [3.63, 3.8) is 0 Å². The minimum Gasteiger partial charge on any atom is -0.593 e. The number of nitrogens with zero attached hydrogens (tertiary/aromatic N) is 1. The van der Waals surface area contributed by atoms with Crippen LogP contribution in [0, 0.1) is 13.8 Å². The molecule has 0 saturated carbocycles. The first kappa shape index (κ1) is 17.8. The van der Waals surface area contributed by atoms with Gasteiger partial charge >= 0.3 is 0 Å². The van der Waals surface area contributed by atoms with Crippen LogP contribution in [0.2, 0.25) is 0 Å². The molecular formula is C18H23N3O3S. The van der Waals surface area contributed by atoms with Crippen LogP contribution in [0.1, 0.15) is 41.0 Å². The summed E-state index contributed by atoms with van der Waals surface area (Å²) in [5.41, 5.74) is 2.72. The summed E-state index contributed by atoms with van der Waals surface area (Å²) in [6.07, 6.45) is 2.85. The van der Waals surface area contributed by atoms with Crippen molar-refractivity contribution in [3.8, 4) is 0 Å². The van der Waals surface area contributed by atoms with Crippen molar-refractivity contribution in [2.24, 2.45) is 0 Å². The molecule has 1 aliphatic rings. The van der Waals surface area contributed by atoms with Gasteiger partial charge in [0.1, 0.15) is 5.69 Å². The van der Waals surface area contributed by atoms with Gasteiger partial charge in [0.05, 0.1) is 0 Å². The Balaban J connectivity index is 1.80. The molecule has 134 valence electrons. The third-order valence-electron chi connectivity index (χ3n) is 4.42. The Labute approximate surface area is 149 Å². The molecular weight excluding hydrogens is 338 g/mol. The zero-order chi connectivity index (χ0) is 18.0. The predicted molar refractivity (Wildman–Crippen MR) is 97.2 cm³/mol. The van der Waals surface area contributed by atoms with Crippen LogP contribution >= 0.6 is 0 Å². The minimum absolute atomic E-state index is 0.214. The maximum atomic E-state index is 12.8. The Morgan fingerprint density at radius 1 is 1.20 bits per heavy atom. The molecule has 0 spiro atoms. The van der Waals surface area contributed by atoms with E-state index in [1.807, 2.05) is 19.9 Å². The Morgan fingerprint density at radius 2 is 1.92 bits per heavy atom. The molecule has 6 nitrogen and oxygen atoms in total. The molecule has 1 aromatic heterocycles. The summed E-state index contributed by atoms with van der Waals surface area (Å²) in [6, 6.07) is 8.33. The number of amides is 1. The number of aromatic amines is 1. The third-order valence-corrected chi connectivity index (χ3v) is 6.32. The number of rotatable bonds is 4. The van der Waals surface area contributed by atoms with E-state index in [9.17, 15) is 13.6 Å². The number of H-pyrrole nitrogens is 1. The fraction of sp³-hybridized carbons (Fsp3) is 0.389. The number of nitrogens with one attached hydrogen (secondary N) is 2. The minimum atomic E-state index is -3.51. The molecule has 2 heterocycles. The summed E-state index contributed by atoms with van der Waals surface area (Å²) in [4.78, 5) is 15.6. The van der Waals surface area contributed by atoms with Crippen LogP contribution in [0.3, 0.4) is 0 Å². The van der Waals surface area contributed by atoms with Crippen molar-refractivity contribution in [1.29, 1.82) is 0 Å². The molecule has 0 aliphatic carbocycles. The highest BCUT2D eigenvalue weighted by atomic mass is 32.3. The van der Waals surface area contributed by atoms with E-state index in [4.69, 9.17) is 0 Å². The van der Waals surface area contributed by atoms with E-state index in [1.54, 1.807) is 18.2 Å². The van der Waals surface area contributed by atoms with Crippen LogP contribution < -0.4 is 5.32 Å². The number of hydrogen-bond acceptors (Lipinski definition) is 3. The average molecular weight is 361 g/mol. The molecule has 25 heavy (non-hydrogen) atoms. The number of hydrogen-bond donors (Lipinski definition) is 2. The van der Waals surface area contributed by atoms with Crippen LogP contribution in [0.15, 0.2) is 35.2 Å². The van der Waals surface area contributed by atoms with Crippen molar-refractivity contribution in [2.75, 3.05) is 18.4 Å². The van der Waals surface area contributed by atoms with Gasteiger partial charge in [0.2, 0.25) is 0 Å². The fourth-order valence-corrected chi connectivity index (χ4v) is 4.71. The highest BCUT2D eigenvalue weighted by Gasteiger charge is 2.31. The van der Waals surface area contributed by atoms with E-state index in [2.05, 4.69) is 10.3 Å². The van der Waals surface area contributed by atoms with Gasteiger partial charge in [0.15, 0.2) is 15.3 Å². The molecule has 0 bridgehead atoms. The van der Waals surface area contributed by atoms with Crippen molar-refractivity contribution in [2.45, 2.75) is 38.0 Å². The van der Waals surface area contributed by atoms with E-state index in [-0.39, 0.29) is 10.8 Å². The lowest BCUT2D eigenvalue weighted by Crippen LogP contribution is -2.40. The first-order valence-electron chi connectivity index (χ1n) is 8.46. The molecule has 1 saturated heterocycles. The molecule has 0 radical (unpaired) electrons. The van der Waals surface area contributed by atoms with Gasteiger partial charge in [-0.2, -0.15) is 0 Å². The third kappa shape index (κ3) is 3.84. The van der Waals surface area contributed by atoms with Gasteiger partial charge in [-0.05, 0) is 50.5 Å². The monoisotopic (exact) mass is 361 g/mol. The molecule has 1 unspecified atom stereocenters. The van der Waals surface area contributed by atoms with Crippen LogP contribution in [0.4, 0.5) is 5.69 Å². The van der Waals surface area contributed by atoms with Gasteiger partial charge in [-0.1, -0.05) is 16.7 Å². The highest BCUT2D eigenvalue weighted by Crippen LogP contribution is 2.27. The number of anilines is 1. The molecule has 2 N–H and O–H groups in total. The van der Waals surface area contributed by atoms with Crippen LogP contribution in [0.25, 0.3) is 0 Å². The van der Waals surface area contributed by atoms with Gasteiger partial charge in [-0.15, -0.1) is 4.31 Å². The number of carbonyl (C=O) groups excluding carboxylic acids is 1.